The summed E-state index contributed by atoms with van der Waals surface area (Å²) in [6, 6.07) is 13.4. The second kappa shape index (κ2) is 6.63. The molecule has 0 saturated carbocycles. The summed E-state index contributed by atoms with van der Waals surface area (Å²) in [6.07, 6.45) is -0.264. The molecule has 2 bridgehead atoms. The minimum atomic E-state index is -4.30. The third-order valence-corrected chi connectivity index (χ3v) is 6.85. The standard InChI is InChI=1S/C24H25F3N2/c1-15-6-8-20-19(12-15)23-21-9-7-18(28(21)2)14-22(23)29(20)11-10-16-4-3-5-17(13-16)24(25,26)27/h3-6,8,12-13,18,21H,7,9-11,14H2,1-2H3. The highest BCUT2D eigenvalue weighted by Crippen LogP contribution is 2.47. The van der Waals surface area contributed by atoms with Gasteiger partial charge in [0, 0.05) is 41.6 Å². The predicted octanol–water partition coefficient (Wildman–Crippen LogP) is 5.90. The maximum atomic E-state index is 13.1. The van der Waals surface area contributed by atoms with E-state index in [9.17, 15) is 13.2 Å². The molecule has 2 nitrogen and oxygen atoms in total. The Bertz CT molecular complexity index is 1080. The van der Waals surface area contributed by atoms with Gasteiger partial charge < -0.3 is 4.57 Å². The molecule has 2 unspecified atom stereocenters. The molecule has 5 heteroatoms. The van der Waals surface area contributed by atoms with Crippen LogP contribution >= 0.6 is 0 Å². The molecule has 0 radical (unpaired) electrons. The minimum absolute atomic E-state index is 0.461. The van der Waals surface area contributed by atoms with E-state index in [1.165, 1.54) is 52.7 Å². The van der Waals surface area contributed by atoms with Gasteiger partial charge >= 0.3 is 6.18 Å². The summed E-state index contributed by atoms with van der Waals surface area (Å²) in [7, 11) is 2.23. The second-order valence-electron chi connectivity index (χ2n) is 8.60. The molecule has 1 saturated heterocycles. The van der Waals surface area contributed by atoms with Gasteiger partial charge in [-0.15, -0.1) is 0 Å². The number of halogens is 3. The molecule has 0 spiro atoms. The van der Waals surface area contributed by atoms with Crippen LogP contribution in [0.1, 0.15) is 46.8 Å². The van der Waals surface area contributed by atoms with Gasteiger partial charge in [0.1, 0.15) is 0 Å². The first-order valence-corrected chi connectivity index (χ1v) is 10.3. The number of alkyl halides is 3. The quantitative estimate of drug-likeness (QED) is 0.533. The van der Waals surface area contributed by atoms with Crippen LogP contribution in [0.5, 0.6) is 0 Å². The fourth-order valence-corrected chi connectivity index (χ4v) is 5.37. The van der Waals surface area contributed by atoms with Crippen molar-refractivity contribution in [2.75, 3.05) is 7.05 Å². The van der Waals surface area contributed by atoms with Gasteiger partial charge in [0.2, 0.25) is 0 Å². The largest absolute Gasteiger partial charge is 0.416 e. The third kappa shape index (κ3) is 3.07. The van der Waals surface area contributed by atoms with E-state index >= 15 is 0 Å². The van der Waals surface area contributed by atoms with Gasteiger partial charge in [0.05, 0.1) is 5.56 Å². The van der Waals surface area contributed by atoms with Crippen molar-refractivity contribution in [2.45, 2.75) is 57.4 Å². The Balaban J connectivity index is 1.54. The first kappa shape index (κ1) is 18.7. The van der Waals surface area contributed by atoms with E-state index < -0.39 is 11.7 Å². The molecule has 1 aromatic heterocycles. The maximum Gasteiger partial charge on any atom is 0.416 e. The van der Waals surface area contributed by atoms with Gasteiger partial charge in [-0.25, -0.2) is 0 Å². The van der Waals surface area contributed by atoms with Crippen LogP contribution in [-0.2, 0) is 25.6 Å². The van der Waals surface area contributed by atoms with Crippen LogP contribution in [0.3, 0.4) is 0 Å². The highest BCUT2D eigenvalue weighted by atomic mass is 19.4. The molecule has 0 N–H and O–H groups in total. The Hall–Kier alpha value is -2.27. The number of likely N-dealkylation sites (N-methyl/N-ethyl adjacent to an activating group) is 1. The van der Waals surface area contributed by atoms with Crippen LogP contribution in [0.4, 0.5) is 13.2 Å². The Kier molecular flexibility index (Phi) is 4.28. The number of aromatic nitrogens is 1. The molecular weight excluding hydrogens is 373 g/mol. The first-order valence-electron chi connectivity index (χ1n) is 10.3. The summed E-state index contributed by atoms with van der Waals surface area (Å²) in [4.78, 5) is 2.52. The Morgan fingerprint density at radius 1 is 1.07 bits per heavy atom. The van der Waals surface area contributed by atoms with Crippen LogP contribution in [0.25, 0.3) is 10.9 Å². The van der Waals surface area contributed by atoms with Gasteiger partial charge in [-0.05, 0) is 62.6 Å². The second-order valence-corrected chi connectivity index (χ2v) is 8.60. The highest BCUT2D eigenvalue weighted by Gasteiger charge is 2.40. The van der Waals surface area contributed by atoms with Gasteiger partial charge in [-0.3, -0.25) is 4.90 Å². The van der Waals surface area contributed by atoms with E-state index in [4.69, 9.17) is 0 Å². The average Bonchev–Trinajstić information content (AvgIpc) is 3.09. The zero-order valence-corrected chi connectivity index (χ0v) is 16.8. The molecule has 2 aromatic carbocycles. The van der Waals surface area contributed by atoms with Crippen molar-refractivity contribution in [3.63, 3.8) is 0 Å². The monoisotopic (exact) mass is 398 g/mol. The molecule has 29 heavy (non-hydrogen) atoms. The van der Waals surface area contributed by atoms with Crippen LogP contribution in [0, 0.1) is 6.92 Å². The smallest absolute Gasteiger partial charge is 0.344 e. The van der Waals surface area contributed by atoms with Crippen LogP contribution in [0.15, 0.2) is 42.5 Å². The fourth-order valence-electron chi connectivity index (χ4n) is 5.37. The molecule has 0 aliphatic carbocycles. The molecule has 152 valence electrons. The maximum absolute atomic E-state index is 13.1. The SMILES string of the molecule is Cc1ccc2c(c1)c1c(n2CCc2cccc(C(F)(F)F)c2)CC2CCC1N2C. The van der Waals surface area contributed by atoms with Crippen LogP contribution < -0.4 is 0 Å². The average molecular weight is 398 g/mol. The molecule has 5 rings (SSSR count). The molecule has 3 heterocycles. The molecule has 2 atom stereocenters. The summed E-state index contributed by atoms with van der Waals surface area (Å²) >= 11 is 0. The molecular formula is C24H25F3N2. The lowest BCUT2D eigenvalue weighted by atomic mass is 9.97. The Labute approximate surface area is 168 Å². The number of nitrogens with zero attached hydrogens (tertiary/aromatic N) is 2. The zero-order valence-electron chi connectivity index (χ0n) is 16.8. The highest BCUT2D eigenvalue weighted by molar-refractivity contribution is 5.87. The lowest BCUT2D eigenvalue weighted by Crippen LogP contribution is -2.34. The Morgan fingerprint density at radius 2 is 1.90 bits per heavy atom. The summed E-state index contributed by atoms with van der Waals surface area (Å²) in [6.45, 7) is 2.83. The number of benzene rings is 2. The van der Waals surface area contributed by atoms with Crippen molar-refractivity contribution in [1.82, 2.24) is 9.47 Å². The van der Waals surface area contributed by atoms with Gasteiger partial charge in [0.15, 0.2) is 0 Å². The topological polar surface area (TPSA) is 8.17 Å². The van der Waals surface area contributed by atoms with Crippen molar-refractivity contribution in [2.24, 2.45) is 0 Å². The first-order chi connectivity index (χ1) is 13.8. The molecule has 2 aliphatic rings. The fraction of sp³-hybridized carbons (Fsp3) is 0.417. The molecule has 0 amide bonds. The third-order valence-electron chi connectivity index (χ3n) is 6.85. The number of rotatable bonds is 3. The van der Waals surface area contributed by atoms with Gasteiger partial charge in [0.25, 0.3) is 0 Å². The lowest BCUT2D eigenvalue weighted by molar-refractivity contribution is -0.137. The van der Waals surface area contributed by atoms with Crippen molar-refractivity contribution in [1.29, 1.82) is 0 Å². The summed E-state index contributed by atoms with van der Waals surface area (Å²) in [5, 5.41) is 1.32. The van der Waals surface area contributed by atoms with Crippen molar-refractivity contribution in [3.8, 4) is 0 Å². The zero-order chi connectivity index (χ0) is 20.3. The normalized spacial score (nSPS) is 21.7. The lowest BCUT2D eigenvalue weighted by Gasteiger charge is -2.32. The summed E-state index contributed by atoms with van der Waals surface area (Å²) < 4.78 is 41.6. The van der Waals surface area contributed by atoms with E-state index in [-0.39, 0.29) is 0 Å². The van der Waals surface area contributed by atoms with Crippen LogP contribution in [-0.4, -0.2) is 22.6 Å². The predicted molar refractivity (Wildman–Crippen MR) is 109 cm³/mol. The number of aryl methyl sites for hydroxylation is 3. The van der Waals surface area contributed by atoms with Gasteiger partial charge in [-0.1, -0.05) is 29.8 Å². The minimum Gasteiger partial charge on any atom is -0.344 e. The van der Waals surface area contributed by atoms with Crippen molar-refractivity contribution < 1.29 is 13.2 Å². The van der Waals surface area contributed by atoms with Crippen molar-refractivity contribution in [3.05, 3.63) is 70.4 Å². The number of hydrogen-bond acceptors (Lipinski definition) is 1. The molecule has 3 aromatic rings. The number of fused-ring (bicyclic) bond motifs is 6. The van der Waals surface area contributed by atoms with Crippen molar-refractivity contribution >= 4 is 10.9 Å². The molecule has 1 fully saturated rings. The van der Waals surface area contributed by atoms with Gasteiger partial charge in [-0.2, -0.15) is 13.2 Å². The molecule has 2 aliphatic heterocycles. The van der Waals surface area contributed by atoms with E-state index in [1.807, 2.05) is 0 Å². The van der Waals surface area contributed by atoms with E-state index in [0.29, 0.717) is 25.0 Å². The van der Waals surface area contributed by atoms with E-state index in [0.717, 1.165) is 18.1 Å². The number of hydrogen-bond donors (Lipinski definition) is 0. The van der Waals surface area contributed by atoms with E-state index in [2.05, 4.69) is 41.6 Å². The van der Waals surface area contributed by atoms with Crippen LogP contribution in [0.2, 0.25) is 0 Å². The Morgan fingerprint density at radius 3 is 2.69 bits per heavy atom. The summed E-state index contributed by atoms with van der Waals surface area (Å²) in [5.41, 5.74) is 5.47. The summed E-state index contributed by atoms with van der Waals surface area (Å²) in [5.74, 6) is 0. The van der Waals surface area contributed by atoms with E-state index in [1.54, 1.807) is 6.07 Å².